The second-order valence-electron chi connectivity index (χ2n) is 7.35. The number of carbonyl (C=O) groups is 1. The first-order valence-electron chi connectivity index (χ1n) is 9.04. The Labute approximate surface area is 144 Å². The number of aromatic nitrogens is 2. The molecule has 1 amide bonds. The summed E-state index contributed by atoms with van der Waals surface area (Å²) in [6.45, 7) is 7.48. The highest BCUT2D eigenvalue weighted by Gasteiger charge is 2.28. The zero-order valence-corrected chi connectivity index (χ0v) is 15.3. The Balaban J connectivity index is 1.87. The normalized spacial score (nSPS) is 19.5. The number of fused-ring (bicyclic) bond motifs is 1. The van der Waals surface area contributed by atoms with Crippen molar-refractivity contribution >= 4 is 11.7 Å². The number of piperidine rings is 1. The predicted octanol–water partition coefficient (Wildman–Crippen LogP) is 1.87. The lowest BCUT2D eigenvalue weighted by molar-refractivity contribution is -0.135. The molecule has 1 aromatic rings. The summed E-state index contributed by atoms with van der Waals surface area (Å²) in [4.78, 5) is 26.4. The third kappa shape index (κ3) is 3.38. The van der Waals surface area contributed by atoms with E-state index in [2.05, 4.69) is 17.3 Å². The van der Waals surface area contributed by atoms with Gasteiger partial charge in [0.25, 0.3) is 0 Å². The van der Waals surface area contributed by atoms with Crippen LogP contribution in [0.1, 0.15) is 49.7 Å². The molecule has 0 aromatic carbocycles. The molecule has 3 heterocycles. The number of anilines is 1. The summed E-state index contributed by atoms with van der Waals surface area (Å²) in [7, 11) is 4.09. The number of carbonyl (C=O) groups excluding carboxylic acids is 1. The van der Waals surface area contributed by atoms with Gasteiger partial charge in [-0.1, -0.05) is 13.8 Å². The molecule has 0 aliphatic carbocycles. The SMILES string of the molecule is CNc1nc(C2CCN(C)CC2)nc2c1CCN(C(=O)C(C)C)C2. The quantitative estimate of drug-likeness (QED) is 0.916. The molecule has 0 spiro atoms. The first-order valence-corrected chi connectivity index (χ1v) is 9.04. The van der Waals surface area contributed by atoms with E-state index in [0.717, 1.165) is 56.2 Å². The first kappa shape index (κ1) is 17.1. The fraction of sp³-hybridized carbons (Fsp3) is 0.722. The van der Waals surface area contributed by atoms with E-state index in [0.29, 0.717) is 12.5 Å². The largest absolute Gasteiger partial charge is 0.373 e. The minimum atomic E-state index is 0.0329. The summed E-state index contributed by atoms with van der Waals surface area (Å²) in [5, 5.41) is 3.25. The van der Waals surface area contributed by atoms with Crippen molar-refractivity contribution in [2.24, 2.45) is 5.92 Å². The molecular formula is C18H29N5O. The van der Waals surface area contributed by atoms with E-state index in [9.17, 15) is 4.79 Å². The number of likely N-dealkylation sites (tertiary alicyclic amines) is 1. The Bertz CT molecular complexity index is 608. The van der Waals surface area contributed by atoms with Crippen molar-refractivity contribution in [2.45, 2.75) is 45.6 Å². The van der Waals surface area contributed by atoms with Crippen LogP contribution < -0.4 is 5.32 Å². The Morgan fingerprint density at radius 3 is 2.54 bits per heavy atom. The van der Waals surface area contributed by atoms with Gasteiger partial charge in [0.2, 0.25) is 5.91 Å². The molecule has 0 atom stereocenters. The van der Waals surface area contributed by atoms with Crippen LogP contribution in [0.5, 0.6) is 0 Å². The van der Waals surface area contributed by atoms with Gasteiger partial charge >= 0.3 is 0 Å². The highest BCUT2D eigenvalue weighted by molar-refractivity contribution is 5.78. The van der Waals surface area contributed by atoms with Gasteiger partial charge in [-0.2, -0.15) is 0 Å². The van der Waals surface area contributed by atoms with Crippen LogP contribution in [0.25, 0.3) is 0 Å². The van der Waals surface area contributed by atoms with Gasteiger partial charge in [0, 0.05) is 31.0 Å². The summed E-state index contributed by atoms with van der Waals surface area (Å²) in [5.74, 6) is 2.57. The van der Waals surface area contributed by atoms with Gasteiger partial charge in [0.05, 0.1) is 12.2 Å². The van der Waals surface area contributed by atoms with E-state index in [1.165, 1.54) is 5.56 Å². The lowest BCUT2D eigenvalue weighted by atomic mass is 9.95. The van der Waals surface area contributed by atoms with Crippen LogP contribution in [0.3, 0.4) is 0 Å². The molecule has 1 aromatic heterocycles. The molecule has 3 rings (SSSR count). The topological polar surface area (TPSA) is 61.4 Å². The minimum Gasteiger partial charge on any atom is -0.373 e. The first-order chi connectivity index (χ1) is 11.5. The van der Waals surface area contributed by atoms with Crippen LogP contribution in [0.4, 0.5) is 5.82 Å². The molecule has 1 saturated heterocycles. The Hall–Kier alpha value is -1.69. The monoisotopic (exact) mass is 331 g/mol. The molecule has 6 heteroatoms. The molecule has 2 aliphatic heterocycles. The maximum Gasteiger partial charge on any atom is 0.225 e. The highest BCUT2D eigenvalue weighted by atomic mass is 16.2. The molecule has 0 radical (unpaired) electrons. The Morgan fingerprint density at radius 2 is 1.92 bits per heavy atom. The molecule has 2 aliphatic rings. The van der Waals surface area contributed by atoms with Crippen LogP contribution in [0.15, 0.2) is 0 Å². The lowest BCUT2D eigenvalue weighted by Crippen LogP contribution is -2.39. The van der Waals surface area contributed by atoms with E-state index in [-0.39, 0.29) is 11.8 Å². The fourth-order valence-electron chi connectivity index (χ4n) is 3.66. The molecule has 6 nitrogen and oxygen atoms in total. The van der Waals surface area contributed by atoms with Gasteiger partial charge < -0.3 is 15.1 Å². The highest BCUT2D eigenvalue weighted by Crippen LogP contribution is 2.30. The molecule has 132 valence electrons. The van der Waals surface area contributed by atoms with Crippen molar-refractivity contribution in [3.63, 3.8) is 0 Å². The zero-order valence-electron chi connectivity index (χ0n) is 15.3. The molecule has 0 unspecified atom stereocenters. The van der Waals surface area contributed by atoms with Crippen LogP contribution in [0.2, 0.25) is 0 Å². The van der Waals surface area contributed by atoms with Crippen LogP contribution >= 0.6 is 0 Å². The molecule has 1 fully saturated rings. The van der Waals surface area contributed by atoms with Crippen molar-refractivity contribution in [1.29, 1.82) is 0 Å². The van der Waals surface area contributed by atoms with Crippen LogP contribution in [0, 0.1) is 5.92 Å². The summed E-state index contributed by atoms with van der Waals surface area (Å²) >= 11 is 0. The van der Waals surface area contributed by atoms with Crippen LogP contribution in [-0.2, 0) is 17.8 Å². The van der Waals surface area contributed by atoms with Gasteiger partial charge in [0.1, 0.15) is 11.6 Å². The number of amides is 1. The van der Waals surface area contributed by atoms with Crippen molar-refractivity contribution in [3.05, 3.63) is 17.1 Å². The summed E-state index contributed by atoms with van der Waals surface area (Å²) in [6.07, 6.45) is 3.04. The van der Waals surface area contributed by atoms with Gasteiger partial charge in [0.15, 0.2) is 0 Å². The van der Waals surface area contributed by atoms with Crippen LogP contribution in [-0.4, -0.2) is 59.4 Å². The smallest absolute Gasteiger partial charge is 0.225 e. The van der Waals surface area contributed by atoms with E-state index in [1.54, 1.807) is 0 Å². The van der Waals surface area contributed by atoms with E-state index < -0.39 is 0 Å². The molecular weight excluding hydrogens is 302 g/mol. The average molecular weight is 331 g/mol. The zero-order chi connectivity index (χ0) is 17.3. The fourth-order valence-corrected chi connectivity index (χ4v) is 3.66. The summed E-state index contributed by atoms with van der Waals surface area (Å²) in [5.41, 5.74) is 2.21. The predicted molar refractivity (Wildman–Crippen MR) is 95.0 cm³/mol. The van der Waals surface area contributed by atoms with E-state index in [4.69, 9.17) is 9.97 Å². The van der Waals surface area contributed by atoms with Gasteiger partial charge in [-0.15, -0.1) is 0 Å². The number of nitrogens with one attached hydrogen (secondary N) is 1. The summed E-state index contributed by atoms with van der Waals surface area (Å²) < 4.78 is 0. The van der Waals surface area contributed by atoms with Crippen molar-refractivity contribution in [2.75, 3.05) is 39.0 Å². The lowest BCUT2D eigenvalue weighted by Gasteiger charge is -2.32. The number of hydrogen-bond acceptors (Lipinski definition) is 5. The Morgan fingerprint density at radius 1 is 1.21 bits per heavy atom. The molecule has 24 heavy (non-hydrogen) atoms. The van der Waals surface area contributed by atoms with Gasteiger partial charge in [-0.25, -0.2) is 9.97 Å². The molecule has 0 bridgehead atoms. The number of hydrogen-bond donors (Lipinski definition) is 1. The Kier molecular flexibility index (Phi) is 5.04. The molecule has 1 N–H and O–H groups in total. The second-order valence-corrected chi connectivity index (χ2v) is 7.35. The van der Waals surface area contributed by atoms with Gasteiger partial charge in [-0.3, -0.25) is 4.79 Å². The van der Waals surface area contributed by atoms with Crippen molar-refractivity contribution in [3.8, 4) is 0 Å². The van der Waals surface area contributed by atoms with Gasteiger partial charge in [-0.05, 0) is 39.4 Å². The summed E-state index contributed by atoms with van der Waals surface area (Å²) in [6, 6.07) is 0. The van der Waals surface area contributed by atoms with Crippen molar-refractivity contribution < 1.29 is 4.79 Å². The molecule has 0 saturated carbocycles. The second kappa shape index (κ2) is 7.05. The maximum absolute atomic E-state index is 12.3. The standard InChI is InChI=1S/C18H29N5O/c1-12(2)18(24)23-10-7-14-15(11-23)20-16(21-17(14)19-3)13-5-8-22(4)9-6-13/h12-13H,5-11H2,1-4H3,(H,19,20,21). The average Bonchev–Trinajstić information content (AvgIpc) is 2.60. The third-order valence-electron chi connectivity index (χ3n) is 5.21. The van der Waals surface area contributed by atoms with E-state index >= 15 is 0 Å². The minimum absolute atomic E-state index is 0.0329. The maximum atomic E-state index is 12.3. The van der Waals surface area contributed by atoms with E-state index in [1.807, 2.05) is 25.8 Å². The van der Waals surface area contributed by atoms with Crippen molar-refractivity contribution in [1.82, 2.24) is 19.8 Å². The third-order valence-corrected chi connectivity index (χ3v) is 5.21. The number of rotatable bonds is 3. The number of nitrogens with zero attached hydrogens (tertiary/aromatic N) is 4.